The fourth-order valence-electron chi connectivity index (χ4n) is 1.84. The number of aromatic nitrogens is 2. The first-order valence-electron chi connectivity index (χ1n) is 7.29. The number of nitrogens with one attached hydrogen (secondary N) is 2. The summed E-state index contributed by atoms with van der Waals surface area (Å²) in [7, 11) is 1.88. The molecule has 1 heterocycles. The van der Waals surface area contributed by atoms with Gasteiger partial charge in [-0.3, -0.25) is 4.79 Å². The Morgan fingerprint density at radius 3 is 2.86 bits per heavy atom. The van der Waals surface area contributed by atoms with Crippen molar-refractivity contribution in [2.24, 2.45) is 0 Å². The van der Waals surface area contributed by atoms with E-state index in [0.29, 0.717) is 17.7 Å². The maximum Gasteiger partial charge on any atom is 0.239 e. The lowest BCUT2D eigenvalue weighted by Gasteiger charge is -2.19. The summed E-state index contributed by atoms with van der Waals surface area (Å²) in [5.41, 5.74) is 0. The van der Waals surface area contributed by atoms with Gasteiger partial charge in [0, 0.05) is 25.7 Å². The summed E-state index contributed by atoms with van der Waals surface area (Å²) in [4.78, 5) is 22.6. The van der Waals surface area contributed by atoms with E-state index in [-0.39, 0.29) is 5.91 Å². The molecule has 0 saturated heterocycles. The molecule has 21 heavy (non-hydrogen) atoms. The van der Waals surface area contributed by atoms with Gasteiger partial charge < -0.3 is 15.5 Å². The third kappa shape index (κ3) is 5.08. The van der Waals surface area contributed by atoms with Crippen LogP contribution in [-0.2, 0) is 4.79 Å². The third-order valence-electron chi connectivity index (χ3n) is 3.15. The van der Waals surface area contributed by atoms with Gasteiger partial charge in [-0.25, -0.2) is 9.97 Å². The molecule has 0 radical (unpaired) electrons. The molecule has 0 atom stereocenters. The van der Waals surface area contributed by atoms with E-state index in [0.717, 1.165) is 37.4 Å². The smallest absolute Gasteiger partial charge is 0.239 e. The van der Waals surface area contributed by atoms with E-state index in [9.17, 15) is 4.79 Å². The Kier molecular flexibility index (Phi) is 5.67. The first-order valence-corrected chi connectivity index (χ1v) is 8.52. The fourth-order valence-corrected chi connectivity index (χ4v) is 2.22. The highest BCUT2D eigenvalue weighted by Gasteiger charge is 2.23. The molecule has 1 aliphatic carbocycles. The molecule has 2 rings (SSSR count). The zero-order valence-electron chi connectivity index (χ0n) is 12.8. The van der Waals surface area contributed by atoms with E-state index in [4.69, 9.17) is 0 Å². The summed E-state index contributed by atoms with van der Waals surface area (Å²) < 4.78 is 0. The van der Waals surface area contributed by atoms with Crippen molar-refractivity contribution in [1.82, 2.24) is 15.3 Å². The lowest BCUT2D eigenvalue weighted by molar-refractivity contribution is -0.119. The topological polar surface area (TPSA) is 70.2 Å². The summed E-state index contributed by atoms with van der Waals surface area (Å²) in [6, 6.07) is 2.28. The molecule has 1 aromatic rings. The van der Waals surface area contributed by atoms with Gasteiger partial charge in [-0.05, 0) is 25.5 Å². The molecule has 0 unspecified atom stereocenters. The Balaban J connectivity index is 2.02. The van der Waals surface area contributed by atoms with Crippen molar-refractivity contribution in [3.05, 3.63) is 6.07 Å². The van der Waals surface area contributed by atoms with Crippen LogP contribution in [0.15, 0.2) is 11.2 Å². The van der Waals surface area contributed by atoms with Crippen LogP contribution < -0.4 is 15.5 Å². The van der Waals surface area contributed by atoms with E-state index in [1.54, 1.807) is 0 Å². The van der Waals surface area contributed by atoms with Gasteiger partial charge in [0.15, 0.2) is 5.16 Å². The van der Waals surface area contributed by atoms with Gasteiger partial charge in [0.2, 0.25) is 5.91 Å². The van der Waals surface area contributed by atoms with Crippen LogP contribution in [0.1, 0.15) is 26.2 Å². The molecular formula is C14H23N5OS. The Morgan fingerprint density at radius 1 is 1.48 bits per heavy atom. The fraction of sp³-hybridized carbons (Fsp3) is 0.643. The van der Waals surface area contributed by atoms with Crippen LogP contribution in [0.25, 0.3) is 0 Å². The van der Waals surface area contributed by atoms with Crippen LogP contribution >= 0.6 is 11.8 Å². The predicted octanol–water partition coefficient (Wildman–Crippen LogP) is 1.74. The van der Waals surface area contributed by atoms with E-state index >= 15 is 0 Å². The second kappa shape index (κ2) is 7.49. The summed E-state index contributed by atoms with van der Waals surface area (Å²) in [6.45, 7) is 3.30. The molecule has 0 aromatic carbocycles. The van der Waals surface area contributed by atoms with Gasteiger partial charge in [0.25, 0.3) is 0 Å². The van der Waals surface area contributed by atoms with Crippen LogP contribution in [0.3, 0.4) is 0 Å². The number of rotatable bonds is 8. The lowest BCUT2D eigenvalue weighted by atomic mass is 10.4. The van der Waals surface area contributed by atoms with Crippen molar-refractivity contribution < 1.29 is 4.79 Å². The number of carbonyl (C=O) groups excluding carboxylic acids is 1. The van der Waals surface area contributed by atoms with Crippen molar-refractivity contribution in [2.45, 2.75) is 37.4 Å². The molecular weight excluding hydrogens is 286 g/mol. The molecule has 7 heteroatoms. The predicted molar refractivity (Wildman–Crippen MR) is 87.0 cm³/mol. The van der Waals surface area contributed by atoms with E-state index in [1.807, 2.05) is 24.3 Å². The Hall–Kier alpha value is -1.50. The minimum atomic E-state index is 0.0485. The lowest BCUT2D eigenvalue weighted by Crippen LogP contribution is -2.36. The summed E-state index contributed by atoms with van der Waals surface area (Å²) in [5, 5.41) is 6.96. The molecule has 0 aliphatic heterocycles. The number of nitrogens with zero attached hydrogens (tertiary/aromatic N) is 3. The third-order valence-corrected chi connectivity index (χ3v) is 3.69. The molecule has 6 nitrogen and oxygen atoms in total. The number of amides is 1. The Bertz CT molecular complexity index is 492. The first kappa shape index (κ1) is 15.9. The number of hydrogen-bond donors (Lipinski definition) is 2. The molecule has 116 valence electrons. The zero-order chi connectivity index (χ0) is 15.2. The van der Waals surface area contributed by atoms with Crippen LogP contribution in [0, 0.1) is 0 Å². The van der Waals surface area contributed by atoms with E-state index in [2.05, 4.69) is 27.5 Å². The van der Waals surface area contributed by atoms with E-state index in [1.165, 1.54) is 11.8 Å². The summed E-state index contributed by atoms with van der Waals surface area (Å²) >= 11 is 1.50. The van der Waals surface area contributed by atoms with Crippen LogP contribution in [0.4, 0.5) is 11.6 Å². The molecule has 2 N–H and O–H groups in total. The standard InChI is InChI=1S/C14H23N5OS/c1-4-7-15-11-8-12(18-14(17-11)21-3)19(2)9-13(20)16-10-5-6-10/h8,10H,4-7,9H2,1-3H3,(H,16,20)(H,15,17,18). The highest BCUT2D eigenvalue weighted by Crippen LogP contribution is 2.20. The Labute approximate surface area is 130 Å². The Morgan fingerprint density at radius 2 is 2.24 bits per heavy atom. The van der Waals surface area contributed by atoms with Gasteiger partial charge in [0.05, 0.1) is 6.54 Å². The highest BCUT2D eigenvalue weighted by molar-refractivity contribution is 7.98. The maximum absolute atomic E-state index is 11.9. The van der Waals surface area contributed by atoms with Crippen molar-refractivity contribution in [1.29, 1.82) is 0 Å². The number of carbonyl (C=O) groups is 1. The average Bonchev–Trinajstić information content (AvgIpc) is 3.28. The SMILES string of the molecule is CCCNc1cc(N(C)CC(=O)NC2CC2)nc(SC)n1. The maximum atomic E-state index is 11.9. The van der Waals surface area contributed by atoms with Crippen molar-refractivity contribution in [3.8, 4) is 0 Å². The molecule has 1 amide bonds. The van der Waals surface area contributed by atoms with Crippen LogP contribution in [0.2, 0.25) is 0 Å². The van der Waals surface area contributed by atoms with Gasteiger partial charge >= 0.3 is 0 Å². The van der Waals surface area contributed by atoms with E-state index < -0.39 is 0 Å². The van der Waals surface area contributed by atoms with Gasteiger partial charge in [-0.2, -0.15) is 0 Å². The van der Waals surface area contributed by atoms with Gasteiger partial charge in [-0.15, -0.1) is 0 Å². The van der Waals surface area contributed by atoms with Gasteiger partial charge in [-0.1, -0.05) is 18.7 Å². The number of thioether (sulfide) groups is 1. The highest BCUT2D eigenvalue weighted by atomic mass is 32.2. The van der Waals surface area contributed by atoms with Gasteiger partial charge in [0.1, 0.15) is 11.6 Å². The second-order valence-corrected chi connectivity index (χ2v) is 6.00. The van der Waals surface area contributed by atoms with Crippen LogP contribution in [-0.4, -0.2) is 48.3 Å². The zero-order valence-corrected chi connectivity index (χ0v) is 13.7. The monoisotopic (exact) mass is 309 g/mol. The molecule has 0 spiro atoms. The molecule has 1 aliphatic rings. The van der Waals surface area contributed by atoms with Crippen LogP contribution in [0.5, 0.6) is 0 Å². The molecule has 1 aromatic heterocycles. The molecule has 0 bridgehead atoms. The number of hydrogen-bond acceptors (Lipinski definition) is 6. The minimum Gasteiger partial charge on any atom is -0.370 e. The van der Waals surface area contributed by atoms with Crippen molar-refractivity contribution in [3.63, 3.8) is 0 Å². The normalized spacial score (nSPS) is 13.9. The number of anilines is 2. The minimum absolute atomic E-state index is 0.0485. The van der Waals surface area contributed by atoms with Crippen molar-refractivity contribution >= 4 is 29.3 Å². The number of likely N-dealkylation sites (N-methyl/N-ethyl adjacent to an activating group) is 1. The first-order chi connectivity index (χ1) is 10.1. The quantitative estimate of drug-likeness (QED) is 0.563. The summed E-state index contributed by atoms with van der Waals surface area (Å²) in [5.74, 6) is 1.62. The molecule has 1 saturated carbocycles. The largest absolute Gasteiger partial charge is 0.370 e. The van der Waals surface area contributed by atoms with Crippen molar-refractivity contribution in [2.75, 3.05) is 36.6 Å². The molecule has 1 fully saturated rings. The second-order valence-electron chi connectivity index (χ2n) is 5.22. The average molecular weight is 309 g/mol. The summed E-state index contributed by atoms with van der Waals surface area (Å²) in [6.07, 6.45) is 5.19.